The minimum Gasteiger partial charge on any atom is -0.206 e. The van der Waals surface area contributed by atoms with E-state index < -0.39 is 0 Å². The van der Waals surface area contributed by atoms with Crippen LogP contribution >= 0.6 is 11.6 Å². The first-order valence-electron chi connectivity index (χ1n) is 6.92. The van der Waals surface area contributed by atoms with E-state index in [2.05, 4.69) is 10.2 Å². The Hall–Kier alpha value is -2.26. The molecule has 22 heavy (non-hydrogen) atoms. The van der Waals surface area contributed by atoms with Gasteiger partial charge in [-0.1, -0.05) is 41.9 Å². The van der Waals surface area contributed by atoms with Gasteiger partial charge in [-0.3, -0.25) is 0 Å². The van der Waals surface area contributed by atoms with Gasteiger partial charge in [-0.2, -0.15) is 10.2 Å². The van der Waals surface area contributed by atoms with Crippen LogP contribution in [0.25, 0.3) is 22.3 Å². The van der Waals surface area contributed by atoms with E-state index in [0.29, 0.717) is 16.3 Å². The molecule has 2 nitrogen and oxygen atoms in total. The fourth-order valence-corrected chi connectivity index (χ4v) is 2.70. The molecule has 110 valence electrons. The van der Waals surface area contributed by atoms with E-state index in [1.165, 1.54) is 6.07 Å². The SMILES string of the molecule is Cc1nnc(C)c(-c2ccccc2F)c1-c1ccc(Cl)cc1. The van der Waals surface area contributed by atoms with Gasteiger partial charge in [0.2, 0.25) is 0 Å². The van der Waals surface area contributed by atoms with E-state index in [4.69, 9.17) is 11.6 Å². The molecule has 0 amide bonds. The zero-order valence-electron chi connectivity index (χ0n) is 12.3. The maximum absolute atomic E-state index is 14.3. The van der Waals surface area contributed by atoms with Crippen molar-refractivity contribution in [1.82, 2.24) is 10.2 Å². The summed E-state index contributed by atoms with van der Waals surface area (Å²) in [6, 6.07) is 14.2. The first-order valence-corrected chi connectivity index (χ1v) is 7.30. The Morgan fingerprint density at radius 1 is 0.818 bits per heavy atom. The third-order valence-electron chi connectivity index (χ3n) is 3.60. The number of hydrogen-bond donors (Lipinski definition) is 0. The maximum Gasteiger partial charge on any atom is 0.131 e. The van der Waals surface area contributed by atoms with E-state index >= 15 is 0 Å². The van der Waals surface area contributed by atoms with Crippen molar-refractivity contribution in [3.8, 4) is 22.3 Å². The summed E-state index contributed by atoms with van der Waals surface area (Å²) in [6.45, 7) is 3.72. The van der Waals surface area contributed by atoms with E-state index in [9.17, 15) is 4.39 Å². The normalized spacial score (nSPS) is 10.7. The van der Waals surface area contributed by atoms with Gasteiger partial charge in [0.25, 0.3) is 0 Å². The Bertz CT molecular complexity index is 829. The summed E-state index contributed by atoms with van der Waals surface area (Å²) < 4.78 is 14.3. The average molecular weight is 313 g/mol. The Balaban J connectivity index is 2.33. The Labute approximate surface area is 133 Å². The quantitative estimate of drug-likeness (QED) is 0.648. The molecule has 0 bridgehead atoms. The number of aromatic nitrogens is 2. The largest absolute Gasteiger partial charge is 0.206 e. The highest BCUT2D eigenvalue weighted by Gasteiger charge is 2.17. The molecule has 3 rings (SSSR count). The highest BCUT2D eigenvalue weighted by atomic mass is 35.5. The van der Waals surface area contributed by atoms with Crippen LogP contribution in [0.1, 0.15) is 11.4 Å². The number of rotatable bonds is 2. The van der Waals surface area contributed by atoms with Crippen molar-refractivity contribution < 1.29 is 4.39 Å². The second-order valence-electron chi connectivity index (χ2n) is 5.11. The molecule has 3 aromatic rings. The molecule has 0 spiro atoms. The van der Waals surface area contributed by atoms with Crippen LogP contribution in [0.3, 0.4) is 0 Å². The smallest absolute Gasteiger partial charge is 0.131 e. The summed E-state index contributed by atoms with van der Waals surface area (Å²) in [4.78, 5) is 0. The molecule has 0 atom stereocenters. The average Bonchev–Trinajstić information content (AvgIpc) is 2.51. The van der Waals surface area contributed by atoms with Gasteiger partial charge in [-0.15, -0.1) is 0 Å². The molecule has 1 aromatic heterocycles. The number of aryl methyl sites for hydroxylation is 2. The van der Waals surface area contributed by atoms with Crippen LogP contribution in [0.2, 0.25) is 5.02 Å². The molecule has 0 aliphatic heterocycles. The lowest BCUT2D eigenvalue weighted by Crippen LogP contribution is -2.00. The molecule has 0 aliphatic carbocycles. The molecule has 0 saturated carbocycles. The lowest BCUT2D eigenvalue weighted by Gasteiger charge is -2.15. The second kappa shape index (κ2) is 5.85. The van der Waals surface area contributed by atoms with E-state index in [1.807, 2.05) is 44.2 Å². The lowest BCUT2D eigenvalue weighted by molar-refractivity contribution is 0.631. The van der Waals surface area contributed by atoms with Crippen LogP contribution in [-0.4, -0.2) is 10.2 Å². The third kappa shape index (κ3) is 2.60. The van der Waals surface area contributed by atoms with Crippen LogP contribution < -0.4 is 0 Å². The lowest BCUT2D eigenvalue weighted by atomic mass is 9.92. The first-order chi connectivity index (χ1) is 10.6. The van der Waals surface area contributed by atoms with Crippen molar-refractivity contribution >= 4 is 11.6 Å². The molecular weight excluding hydrogens is 299 g/mol. The third-order valence-corrected chi connectivity index (χ3v) is 3.85. The monoisotopic (exact) mass is 312 g/mol. The Kier molecular flexibility index (Phi) is 3.90. The van der Waals surface area contributed by atoms with E-state index in [1.54, 1.807) is 12.1 Å². The molecular formula is C18H14ClFN2. The van der Waals surface area contributed by atoms with Gasteiger partial charge < -0.3 is 0 Å². The summed E-state index contributed by atoms with van der Waals surface area (Å²) in [7, 11) is 0. The zero-order valence-corrected chi connectivity index (χ0v) is 13.0. The molecule has 0 N–H and O–H groups in total. The van der Waals surface area contributed by atoms with Gasteiger partial charge in [0, 0.05) is 21.7 Å². The van der Waals surface area contributed by atoms with Crippen LogP contribution in [0.15, 0.2) is 48.5 Å². The number of benzene rings is 2. The van der Waals surface area contributed by atoms with Crippen molar-refractivity contribution in [2.75, 3.05) is 0 Å². The van der Waals surface area contributed by atoms with Crippen molar-refractivity contribution in [2.24, 2.45) is 0 Å². The summed E-state index contributed by atoms with van der Waals surface area (Å²) in [5, 5.41) is 9.00. The van der Waals surface area contributed by atoms with Gasteiger partial charge >= 0.3 is 0 Å². The predicted octanol–water partition coefficient (Wildman–Crippen LogP) is 5.22. The van der Waals surface area contributed by atoms with Crippen LogP contribution in [0.5, 0.6) is 0 Å². The molecule has 0 unspecified atom stereocenters. The number of halogens is 2. The van der Waals surface area contributed by atoms with Crippen molar-refractivity contribution in [1.29, 1.82) is 0 Å². The zero-order chi connectivity index (χ0) is 15.7. The van der Waals surface area contributed by atoms with Crippen LogP contribution in [-0.2, 0) is 0 Å². The topological polar surface area (TPSA) is 25.8 Å². The number of hydrogen-bond acceptors (Lipinski definition) is 2. The minimum absolute atomic E-state index is 0.270. The van der Waals surface area contributed by atoms with Crippen molar-refractivity contribution in [2.45, 2.75) is 13.8 Å². The highest BCUT2D eigenvalue weighted by molar-refractivity contribution is 6.30. The molecule has 0 radical (unpaired) electrons. The van der Waals surface area contributed by atoms with E-state index in [-0.39, 0.29) is 5.82 Å². The van der Waals surface area contributed by atoms with Crippen LogP contribution in [0, 0.1) is 19.7 Å². The Morgan fingerprint density at radius 3 is 2.05 bits per heavy atom. The summed E-state index contributed by atoms with van der Waals surface area (Å²) in [5.74, 6) is -0.270. The van der Waals surface area contributed by atoms with Gasteiger partial charge in [0.1, 0.15) is 5.82 Å². The van der Waals surface area contributed by atoms with E-state index in [0.717, 1.165) is 22.4 Å². The second-order valence-corrected chi connectivity index (χ2v) is 5.54. The van der Waals surface area contributed by atoms with Gasteiger partial charge in [0.15, 0.2) is 0 Å². The van der Waals surface area contributed by atoms with Gasteiger partial charge in [-0.05, 0) is 37.6 Å². The fourth-order valence-electron chi connectivity index (χ4n) is 2.58. The molecule has 0 fully saturated rings. The molecule has 4 heteroatoms. The van der Waals surface area contributed by atoms with Crippen molar-refractivity contribution in [3.05, 3.63) is 70.8 Å². The highest BCUT2D eigenvalue weighted by Crippen LogP contribution is 2.36. The fraction of sp³-hybridized carbons (Fsp3) is 0.111. The molecule has 0 saturated heterocycles. The van der Waals surface area contributed by atoms with Gasteiger partial charge in [-0.25, -0.2) is 4.39 Å². The summed E-state index contributed by atoms with van der Waals surface area (Å²) in [5.41, 5.74) is 4.58. The summed E-state index contributed by atoms with van der Waals surface area (Å²) in [6.07, 6.45) is 0. The minimum atomic E-state index is -0.270. The predicted molar refractivity (Wildman–Crippen MR) is 87.3 cm³/mol. The molecule has 2 aromatic carbocycles. The molecule has 1 heterocycles. The standard InChI is InChI=1S/C18H14ClFN2/c1-11-17(13-7-9-14(19)10-8-13)18(12(2)22-21-11)15-5-3-4-6-16(15)20/h3-10H,1-2H3. The van der Waals surface area contributed by atoms with Crippen LogP contribution in [0.4, 0.5) is 4.39 Å². The van der Waals surface area contributed by atoms with Gasteiger partial charge in [0.05, 0.1) is 11.4 Å². The van der Waals surface area contributed by atoms with Crippen molar-refractivity contribution in [3.63, 3.8) is 0 Å². The number of nitrogens with zero attached hydrogens (tertiary/aromatic N) is 2. The summed E-state index contributed by atoms with van der Waals surface area (Å²) >= 11 is 5.96. The Morgan fingerprint density at radius 2 is 1.41 bits per heavy atom. The maximum atomic E-state index is 14.3. The molecule has 0 aliphatic rings. The first kappa shape index (κ1) is 14.7.